The molecule has 1 N–H and O–H groups in total. The van der Waals surface area contributed by atoms with Gasteiger partial charge in [-0.1, -0.05) is 55.5 Å². The minimum atomic E-state index is -0.620. The molecule has 0 aromatic heterocycles. The standard InChI is InChI=1S/C28H34N2O4/c1-6-24(27(32)29-28(2,3)4)30(18-20-14-16-22(33-5)17-15-20)26(31)19-34-25-13-9-11-21-10-7-8-12-23(21)25/h7-17,24H,6,18-19H2,1-5H3,(H,29,32). The number of carbonyl (C=O) groups is 2. The van der Waals surface area contributed by atoms with Crippen molar-refractivity contribution in [2.75, 3.05) is 13.7 Å². The Morgan fingerprint density at radius 2 is 1.65 bits per heavy atom. The molecule has 3 rings (SSSR count). The third-order valence-electron chi connectivity index (χ3n) is 5.50. The van der Waals surface area contributed by atoms with Crippen LogP contribution in [0.5, 0.6) is 11.5 Å². The number of fused-ring (bicyclic) bond motifs is 1. The summed E-state index contributed by atoms with van der Waals surface area (Å²) >= 11 is 0. The number of nitrogens with one attached hydrogen (secondary N) is 1. The molecule has 0 heterocycles. The maximum atomic E-state index is 13.4. The maximum Gasteiger partial charge on any atom is 0.261 e. The Morgan fingerprint density at radius 1 is 0.971 bits per heavy atom. The Morgan fingerprint density at radius 3 is 2.29 bits per heavy atom. The second-order valence-electron chi connectivity index (χ2n) is 9.30. The Balaban J connectivity index is 1.84. The van der Waals surface area contributed by atoms with Gasteiger partial charge in [0.05, 0.1) is 7.11 Å². The minimum Gasteiger partial charge on any atom is -0.497 e. The minimum absolute atomic E-state index is 0.163. The molecule has 180 valence electrons. The van der Waals surface area contributed by atoms with Crippen LogP contribution in [0.15, 0.2) is 66.7 Å². The van der Waals surface area contributed by atoms with Crippen molar-refractivity contribution in [1.29, 1.82) is 0 Å². The van der Waals surface area contributed by atoms with Crippen molar-refractivity contribution >= 4 is 22.6 Å². The van der Waals surface area contributed by atoms with E-state index in [4.69, 9.17) is 9.47 Å². The van der Waals surface area contributed by atoms with Crippen molar-refractivity contribution in [3.05, 3.63) is 72.3 Å². The van der Waals surface area contributed by atoms with Gasteiger partial charge in [0.2, 0.25) is 5.91 Å². The average Bonchev–Trinajstić information content (AvgIpc) is 2.81. The molecular weight excluding hydrogens is 428 g/mol. The van der Waals surface area contributed by atoms with E-state index in [-0.39, 0.29) is 25.0 Å². The van der Waals surface area contributed by atoms with Gasteiger partial charge in [-0.05, 0) is 56.3 Å². The number of ether oxygens (including phenoxy) is 2. The van der Waals surface area contributed by atoms with E-state index in [1.165, 1.54) is 0 Å². The van der Waals surface area contributed by atoms with Crippen LogP contribution in [0.3, 0.4) is 0 Å². The number of methoxy groups -OCH3 is 1. The van der Waals surface area contributed by atoms with Gasteiger partial charge < -0.3 is 19.7 Å². The fourth-order valence-electron chi connectivity index (χ4n) is 3.84. The normalized spacial score (nSPS) is 12.1. The van der Waals surface area contributed by atoms with E-state index in [0.29, 0.717) is 12.2 Å². The Hall–Kier alpha value is -3.54. The van der Waals surface area contributed by atoms with Crippen LogP contribution in [0.25, 0.3) is 10.8 Å². The topological polar surface area (TPSA) is 67.9 Å². The number of hydrogen-bond acceptors (Lipinski definition) is 4. The molecule has 0 saturated heterocycles. The monoisotopic (exact) mass is 462 g/mol. The molecule has 0 fully saturated rings. The van der Waals surface area contributed by atoms with E-state index >= 15 is 0 Å². The summed E-state index contributed by atoms with van der Waals surface area (Å²) in [7, 11) is 1.61. The van der Waals surface area contributed by atoms with Gasteiger partial charge in [-0.15, -0.1) is 0 Å². The zero-order valence-electron chi connectivity index (χ0n) is 20.6. The summed E-state index contributed by atoms with van der Waals surface area (Å²) in [5, 5.41) is 5.00. The third kappa shape index (κ3) is 6.50. The zero-order valence-corrected chi connectivity index (χ0v) is 20.6. The zero-order chi connectivity index (χ0) is 24.7. The van der Waals surface area contributed by atoms with E-state index in [1.54, 1.807) is 12.0 Å². The number of nitrogens with zero attached hydrogens (tertiary/aromatic N) is 1. The van der Waals surface area contributed by atoms with Crippen molar-refractivity contribution in [3.8, 4) is 11.5 Å². The predicted octanol–water partition coefficient (Wildman–Crippen LogP) is 4.95. The number of amides is 2. The lowest BCUT2D eigenvalue weighted by atomic mass is 10.1. The molecule has 1 unspecified atom stereocenters. The molecule has 2 amide bonds. The molecule has 0 aliphatic carbocycles. The summed E-state index contributed by atoms with van der Waals surface area (Å²) in [6, 6.07) is 20.5. The van der Waals surface area contributed by atoms with E-state index in [9.17, 15) is 9.59 Å². The summed E-state index contributed by atoms with van der Waals surface area (Å²) in [5.74, 6) is 0.947. The number of rotatable bonds is 9. The third-order valence-corrected chi connectivity index (χ3v) is 5.50. The molecule has 3 aromatic carbocycles. The molecule has 0 aliphatic rings. The van der Waals surface area contributed by atoms with E-state index in [2.05, 4.69) is 5.32 Å². The smallest absolute Gasteiger partial charge is 0.261 e. The largest absolute Gasteiger partial charge is 0.497 e. The SMILES string of the molecule is CCC(C(=O)NC(C)(C)C)N(Cc1ccc(OC)cc1)C(=O)COc1cccc2ccccc12. The van der Waals surface area contributed by atoms with Crippen LogP contribution in [0.4, 0.5) is 0 Å². The molecule has 0 aliphatic heterocycles. The van der Waals surface area contributed by atoms with Gasteiger partial charge in [0, 0.05) is 17.5 Å². The Labute approximate surface area is 201 Å². The molecule has 6 heteroatoms. The fourth-order valence-corrected chi connectivity index (χ4v) is 3.84. The molecule has 6 nitrogen and oxygen atoms in total. The van der Waals surface area contributed by atoms with Gasteiger partial charge >= 0.3 is 0 Å². The van der Waals surface area contributed by atoms with Gasteiger partial charge in [0.25, 0.3) is 5.91 Å². The molecule has 0 spiro atoms. The lowest BCUT2D eigenvalue weighted by molar-refractivity contribution is -0.143. The average molecular weight is 463 g/mol. The fraction of sp³-hybridized carbons (Fsp3) is 0.357. The van der Waals surface area contributed by atoms with Crippen molar-refractivity contribution in [2.45, 2.75) is 52.2 Å². The van der Waals surface area contributed by atoms with Gasteiger partial charge in [0.1, 0.15) is 17.5 Å². The van der Waals surface area contributed by atoms with Gasteiger partial charge in [-0.3, -0.25) is 9.59 Å². The molecular formula is C28H34N2O4. The van der Waals surface area contributed by atoms with Crippen LogP contribution in [0.2, 0.25) is 0 Å². The first kappa shape index (κ1) is 25.1. The summed E-state index contributed by atoms with van der Waals surface area (Å²) in [4.78, 5) is 28.2. The Kier molecular flexibility index (Phi) is 8.16. The molecule has 34 heavy (non-hydrogen) atoms. The molecule has 0 radical (unpaired) electrons. The van der Waals surface area contributed by atoms with E-state index in [0.717, 1.165) is 22.1 Å². The first-order chi connectivity index (χ1) is 16.2. The van der Waals surface area contributed by atoms with Crippen molar-refractivity contribution in [3.63, 3.8) is 0 Å². The summed E-state index contributed by atoms with van der Waals surface area (Å²) in [6.45, 7) is 7.82. The summed E-state index contributed by atoms with van der Waals surface area (Å²) < 4.78 is 11.2. The maximum absolute atomic E-state index is 13.4. The second kappa shape index (κ2) is 11.1. The van der Waals surface area contributed by atoms with E-state index in [1.807, 2.05) is 94.4 Å². The molecule has 0 bridgehead atoms. The first-order valence-corrected chi connectivity index (χ1v) is 11.6. The van der Waals surface area contributed by atoms with Crippen molar-refractivity contribution in [1.82, 2.24) is 10.2 Å². The summed E-state index contributed by atoms with van der Waals surface area (Å²) in [6.07, 6.45) is 0.484. The van der Waals surface area contributed by atoms with Crippen LogP contribution < -0.4 is 14.8 Å². The van der Waals surface area contributed by atoms with Crippen molar-refractivity contribution < 1.29 is 19.1 Å². The van der Waals surface area contributed by atoms with Gasteiger partial charge in [0.15, 0.2) is 6.61 Å². The van der Waals surface area contributed by atoms with E-state index < -0.39 is 11.6 Å². The van der Waals surface area contributed by atoms with Crippen LogP contribution >= 0.6 is 0 Å². The molecule has 0 saturated carbocycles. The molecule has 1 atom stereocenters. The molecule has 3 aromatic rings. The van der Waals surface area contributed by atoms with Gasteiger partial charge in [-0.2, -0.15) is 0 Å². The lowest BCUT2D eigenvalue weighted by Crippen LogP contribution is -2.54. The summed E-state index contributed by atoms with van der Waals surface area (Å²) in [5.41, 5.74) is 0.500. The van der Waals surface area contributed by atoms with Gasteiger partial charge in [-0.25, -0.2) is 0 Å². The predicted molar refractivity (Wildman–Crippen MR) is 135 cm³/mol. The first-order valence-electron chi connectivity index (χ1n) is 11.6. The van der Waals surface area contributed by atoms with Crippen LogP contribution in [0, 0.1) is 0 Å². The quantitative estimate of drug-likeness (QED) is 0.489. The Bertz CT molecular complexity index is 1110. The highest BCUT2D eigenvalue weighted by Crippen LogP contribution is 2.25. The van der Waals surface area contributed by atoms with Crippen LogP contribution in [0.1, 0.15) is 39.7 Å². The highest BCUT2D eigenvalue weighted by Gasteiger charge is 2.31. The number of carbonyl (C=O) groups excluding carboxylic acids is 2. The van der Waals surface area contributed by atoms with Crippen LogP contribution in [-0.4, -0.2) is 42.0 Å². The number of benzene rings is 3. The van der Waals surface area contributed by atoms with Crippen LogP contribution in [-0.2, 0) is 16.1 Å². The highest BCUT2D eigenvalue weighted by atomic mass is 16.5. The lowest BCUT2D eigenvalue weighted by Gasteiger charge is -2.33. The number of hydrogen-bond donors (Lipinski definition) is 1. The highest BCUT2D eigenvalue weighted by molar-refractivity contribution is 5.90. The van der Waals surface area contributed by atoms with Crippen molar-refractivity contribution in [2.24, 2.45) is 0 Å². The second-order valence-corrected chi connectivity index (χ2v) is 9.30.